The smallest absolute Gasteiger partial charge is 0.282 e. The predicted octanol–water partition coefficient (Wildman–Crippen LogP) is 4.48. The Balaban J connectivity index is 1.61. The van der Waals surface area contributed by atoms with Gasteiger partial charge < -0.3 is 19.5 Å². The number of ether oxygens (including phenoxy) is 3. The van der Waals surface area contributed by atoms with Crippen molar-refractivity contribution >= 4 is 28.8 Å². The molecule has 2 heterocycles. The first kappa shape index (κ1) is 21.6. The first-order valence-electron chi connectivity index (χ1n) is 11.0. The lowest BCUT2D eigenvalue weighted by atomic mass is 9.97. The molecular weight excluding hydrogens is 432 g/mol. The lowest BCUT2D eigenvalue weighted by Gasteiger charge is -2.19. The number of carbonyl (C=O) groups excluding carboxylic acids is 2. The van der Waals surface area contributed by atoms with Crippen LogP contribution in [0.25, 0.3) is 5.57 Å². The largest absolute Gasteiger partial charge is 0.497 e. The van der Waals surface area contributed by atoms with E-state index in [-0.39, 0.29) is 5.70 Å². The van der Waals surface area contributed by atoms with Gasteiger partial charge in [-0.15, -0.1) is 0 Å². The molecule has 0 bridgehead atoms. The van der Waals surface area contributed by atoms with E-state index in [1.807, 2.05) is 32.0 Å². The number of carbonyl (C=O) groups is 2. The average Bonchev–Trinajstić information content (AvgIpc) is 3.08. The third-order valence-electron chi connectivity index (χ3n) is 5.86. The van der Waals surface area contributed by atoms with Gasteiger partial charge in [-0.1, -0.05) is 29.8 Å². The maximum atomic E-state index is 13.7. The van der Waals surface area contributed by atoms with Crippen LogP contribution in [-0.4, -0.2) is 32.1 Å². The van der Waals surface area contributed by atoms with Crippen LogP contribution in [0.15, 0.2) is 66.4 Å². The number of methoxy groups -OCH3 is 1. The normalized spacial score (nSPS) is 15.1. The zero-order valence-electron chi connectivity index (χ0n) is 19.2. The Labute approximate surface area is 197 Å². The van der Waals surface area contributed by atoms with E-state index in [0.717, 1.165) is 11.1 Å². The molecule has 3 aromatic carbocycles. The second kappa shape index (κ2) is 8.59. The summed E-state index contributed by atoms with van der Waals surface area (Å²) in [5.41, 5.74) is 4.27. The quantitative estimate of drug-likeness (QED) is 0.571. The number of hydrogen-bond acceptors (Lipinski definition) is 6. The molecule has 1 N–H and O–H groups in total. The van der Waals surface area contributed by atoms with Gasteiger partial charge in [0.05, 0.1) is 18.4 Å². The van der Waals surface area contributed by atoms with Crippen molar-refractivity contribution in [2.75, 3.05) is 30.5 Å². The molecule has 0 saturated carbocycles. The second-order valence-electron chi connectivity index (χ2n) is 8.20. The summed E-state index contributed by atoms with van der Waals surface area (Å²) in [4.78, 5) is 28.5. The average molecular weight is 456 g/mol. The fourth-order valence-electron chi connectivity index (χ4n) is 4.24. The number of fused-ring (bicyclic) bond motifs is 1. The van der Waals surface area contributed by atoms with Gasteiger partial charge in [0, 0.05) is 17.8 Å². The van der Waals surface area contributed by atoms with Crippen LogP contribution >= 0.6 is 0 Å². The summed E-state index contributed by atoms with van der Waals surface area (Å²) in [6.07, 6.45) is 0. The Morgan fingerprint density at radius 1 is 0.882 bits per heavy atom. The molecule has 172 valence electrons. The van der Waals surface area contributed by atoms with Gasteiger partial charge in [-0.3, -0.25) is 9.59 Å². The number of nitrogens with zero attached hydrogens (tertiary/aromatic N) is 1. The van der Waals surface area contributed by atoms with E-state index in [4.69, 9.17) is 14.2 Å². The molecule has 7 heteroatoms. The van der Waals surface area contributed by atoms with Crippen molar-refractivity contribution in [2.45, 2.75) is 13.8 Å². The Kier molecular flexibility index (Phi) is 5.45. The standard InChI is InChI=1S/C27H24N2O5/c1-16-7-9-21(17(2)13-16)24-25(28-18-8-10-22-23(14-18)34-12-11-33-22)27(31)29(26(24)30)19-5-4-6-20(15-19)32-3/h4-10,13-15,28H,11-12H2,1-3H3. The molecule has 2 aliphatic rings. The van der Waals surface area contributed by atoms with E-state index in [9.17, 15) is 9.59 Å². The summed E-state index contributed by atoms with van der Waals surface area (Å²) in [6, 6.07) is 18.1. The van der Waals surface area contributed by atoms with E-state index in [2.05, 4.69) is 5.32 Å². The second-order valence-corrected chi connectivity index (χ2v) is 8.20. The maximum absolute atomic E-state index is 13.7. The van der Waals surface area contributed by atoms with Crippen molar-refractivity contribution in [1.29, 1.82) is 0 Å². The summed E-state index contributed by atoms with van der Waals surface area (Å²) in [6.45, 7) is 4.87. The van der Waals surface area contributed by atoms with Crippen LogP contribution in [0.3, 0.4) is 0 Å². The number of rotatable bonds is 5. The summed E-state index contributed by atoms with van der Waals surface area (Å²) >= 11 is 0. The van der Waals surface area contributed by atoms with Crippen LogP contribution in [0.4, 0.5) is 11.4 Å². The highest BCUT2D eigenvalue weighted by Crippen LogP contribution is 2.38. The van der Waals surface area contributed by atoms with E-state index in [1.54, 1.807) is 49.6 Å². The van der Waals surface area contributed by atoms with Gasteiger partial charge in [0.15, 0.2) is 11.5 Å². The zero-order valence-corrected chi connectivity index (χ0v) is 19.2. The molecule has 3 aromatic rings. The molecular formula is C27H24N2O5. The Hall–Kier alpha value is -4.26. The molecule has 5 rings (SSSR count). The van der Waals surface area contributed by atoms with Crippen molar-refractivity contribution in [3.05, 3.63) is 83.1 Å². The van der Waals surface area contributed by atoms with Crippen molar-refractivity contribution in [3.63, 3.8) is 0 Å². The number of nitrogens with one attached hydrogen (secondary N) is 1. The van der Waals surface area contributed by atoms with Crippen molar-refractivity contribution in [1.82, 2.24) is 0 Å². The molecule has 0 atom stereocenters. The monoisotopic (exact) mass is 456 g/mol. The lowest BCUT2D eigenvalue weighted by molar-refractivity contribution is -0.120. The zero-order chi connectivity index (χ0) is 23.8. The summed E-state index contributed by atoms with van der Waals surface area (Å²) in [5.74, 6) is 0.950. The predicted molar refractivity (Wildman–Crippen MR) is 129 cm³/mol. The van der Waals surface area contributed by atoms with Crippen LogP contribution < -0.4 is 24.4 Å². The molecule has 0 saturated heterocycles. The fourth-order valence-corrected chi connectivity index (χ4v) is 4.24. The van der Waals surface area contributed by atoms with Crippen molar-refractivity contribution in [2.24, 2.45) is 0 Å². The highest BCUT2D eigenvalue weighted by atomic mass is 16.6. The lowest BCUT2D eigenvalue weighted by Crippen LogP contribution is -2.32. The fraction of sp³-hybridized carbons (Fsp3) is 0.185. The first-order chi connectivity index (χ1) is 16.5. The third-order valence-corrected chi connectivity index (χ3v) is 5.86. The molecule has 2 amide bonds. The van der Waals surface area contributed by atoms with Gasteiger partial charge in [0.25, 0.3) is 11.8 Å². The number of amides is 2. The van der Waals surface area contributed by atoms with Crippen LogP contribution in [0.2, 0.25) is 0 Å². The van der Waals surface area contributed by atoms with Gasteiger partial charge in [-0.05, 0) is 49.2 Å². The number of benzene rings is 3. The van der Waals surface area contributed by atoms with Gasteiger partial charge in [0.1, 0.15) is 24.7 Å². The SMILES string of the molecule is COc1cccc(N2C(=O)C(Nc3ccc4c(c3)OCCO4)=C(c3ccc(C)cc3C)C2=O)c1. The summed E-state index contributed by atoms with van der Waals surface area (Å²) < 4.78 is 16.6. The van der Waals surface area contributed by atoms with Crippen LogP contribution in [-0.2, 0) is 9.59 Å². The molecule has 34 heavy (non-hydrogen) atoms. The number of hydrogen-bond donors (Lipinski definition) is 1. The molecule has 7 nitrogen and oxygen atoms in total. The van der Waals surface area contributed by atoms with Crippen LogP contribution in [0.5, 0.6) is 17.2 Å². The molecule has 0 spiro atoms. The van der Waals surface area contributed by atoms with Crippen molar-refractivity contribution in [3.8, 4) is 17.2 Å². The summed E-state index contributed by atoms with van der Waals surface area (Å²) in [5, 5.41) is 3.19. The first-order valence-corrected chi connectivity index (χ1v) is 11.0. The maximum Gasteiger partial charge on any atom is 0.282 e. The number of anilines is 2. The molecule has 0 aromatic heterocycles. The molecule has 0 fully saturated rings. The van der Waals surface area contributed by atoms with Gasteiger partial charge in [-0.2, -0.15) is 0 Å². The van der Waals surface area contributed by atoms with Crippen LogP contribution in [0, 0.1) is 13.8 Å². The van der Waals surface area contributed by atoms with Gasteiger partial charge >= 0.3 is 0 Å². The third kappa shape index (κ3) is 3.75. The molecule has 0 aliphatic carbocycles. The highest BCUT2D eigenvalue weighted by Gasteiger charge is 2.41. The number of imide groups is 1. The molecule has 0 radical (unpaired) electrons. The molecule has 0 unspecified atom stereocenters. The van der Waals surface area contributed by atoms with Gasteiger partial charge in [-0.25, -0.2) is 4.90 Å². The van der Waals surface area contributed by atoms with E-state index in [0.29, 0.717) is 53.0 Å². The topological polar surface area (TPSA) is 77.1 Å². The minimum atomic E-state index is -0.442. The van der Waals surface area contributed by atoms with E-state index in [1.165, 1.54) is 4.90 Å². The van der Waals surface area contributed by atoms with Crippen LogP contribution in [0.1, 0.15) is 16.7 Å². The highest BCUT2D eigenvalue weighted by molar-refractivity contribution is 6.46. The summed E-state index contributed by atoms with van der Waals surface area (Å²) in [7, 11) is 1.54. The minimum Gasteiger partial charge on any atom is -0.497 e. The van der Waals surface area contributed by atoms with Gasteiger partial charge in [0.2, 0.25) is 0 Å². The van der Waals surface area contributed by atoms with E-state index < -0.39 is 11.8 Å². The molecule has 2 aliphatic heterocycles. The Bertz CT molecular complexity index is 1340. The minimum absolute atomic E-state index is 0.205. The number of aryl methyl sites for hydroxylation is 2. The van der Waals surface area contributed by atoms with Crippen molar-refractivity contribution < 1.29 is 23.8 Å². The Morgan fingerprint density at radius 3 is 2.44 bits per heavy atom. The Morgan fingerprint density at radius 2 is 1.68 bits per heavy atom. The van der Waals surface area contributed by atoms with E-state index >= 15 is 0 Å².